The maximum absolute atomic E-state index is 11.0. The molecule has 0 aliphatic rings. The summed E-state index contributed by atoms with van der Waals surface area (Å²) in [5, 5.41) is 4.91. The number of rotatable bonds is 5. The van der Waals surface area contributed by atoms with Crippen LogP contribution in [0.4, 0.5) is 0 Å². The maximum atomic E-state index is 11.0. The monoisotopic (exact) mass is 252 g/mol. The molecule has 4 heteroatoms. The van der Waals surface area contributed by atoms with E-state index in [1.54, 1.807) is 16.8 Å². The van der Waals surface area contributed by atoms with Crippen molar-refractivity contribution in [3.05, 3.63) is 40.8 Å². The molecule has 0 bridgehead atoms. The molecule has 1 aromatic rings. The molecule has 1 aromatic carbocycles. The number of hydrogen-bond acceptors (Lipinski definition) is 3. The molecule has 0 heterocycles. The summed E-state index contributed by atoms with van der Waals surface area (Å²) < 4.78 is 0. The van der Waals surface area contributed by atoms with Crippen molar-refractivity contribution >= 4 is 11.8 Å². The summed E-state index contributed by atoms with van der Waals surface area (Å²) in [7, 11) is 0. The van der Waals surface area contributed by atoms with E-state index in [1.807, 2.05) is 45.2 Å². The lowest BCUT2D eigenvalue weighted by atomic mass is 10.1. The number of nitroso groups, excluding NO2 is 1. The first-order valence-corrected chi connectivity index (χ1v) is 6.97. The number of nitrogens with zero attached hydrogens (tertiary/aromatic N) is 2. The van der Waals surface area contributed by atoms with E-state index in [-0.39, 0.29) is 10.9 Å². The van der Waals surface area contributed by atoms with Gasteiger partial charge in [0, 0.05) is 6.42 Å². The highest BCUT2D eigenvalue weighted by molar-refractivity contribution is 7.99. The molecule has 0 N–H and O–H groups in total. The molecule has 0 spiro atoms. The lowest BCUT2D eigenvalue weighted by molar-refractivity contribution is 0.125. The third-order valence-electron chi connectivity index (χ3n) is 2.57. The van der Waals surface area contributed by atoms with Gasteiger partial charge in [0.15, 0.2) is 0 Å². The molecule has 0 aliphatic heterocycles. The van der Waals surface area contributed by atoms with Crippen molar-refractivity contribution in [3.8, 4) is 0 Å². The molecule has 0 radical (unpaired) electrons. The lowest BCUT2D eigenvalue weighted by Gasteiger charge is -2.35. The van der Waals surface area contributed by atoms with E-state index in [9.17, 15) is 4.91 Å². The van der Waals surface area contributed by atoms with Gasteiger partial charge in [0.2, 0.25) is 0 Å². The number of benzene rings is 1. The number of hydrogen-bond donors (Lipinski definition) is 0. The van der Waals surface area contributed by atoms with Gasteiger partial charge in [-0.05, 0) is 32.6 Å². The maximum Gasteiger partial charge on any atom is 0.0997 e. The van der Waals surface area contributed by atoms with Crippen LogP contribution in [0.1, 0.15) is 26.3 Å². The van der Waals surface area contributed by atoms with Gasteiger partial charge in [0.25, 0.3) is 0 Å². The van der Waals surface area contributed by atoms with Crippen LogP contribution in [0.3, 0.4) is 0 Å². The molecular formula is C13H20N2OS. The van der Waals surface area contributed by atoms with E-state index in [0.29, 0.717) is 0 Å². The Morgan fingerprint density at radius 3 is 2.29 bits per heavy atom. The van der Waals surface area contributed by atoms with E-state index in [0.717, 1.165) is 6.42 Å². The Bertz CT molecular complexity index is 348. The minimum absolute atomic E-state index is 0.0786. The summed E-state index contributed by atoms with van der Waals surface area (Å²) >= 11 is 1.66. The molecule has 0 aliphatic carbocycles. The van der Waals surface area contributed by atoms with E-state index >= 15 is 0 Å². The van der Waals surface area contributed by atoms with Crippen LogP contribution >= 0.6 is 11.8 Å². The van der Waals surface area contributed by atoms with Crippen LogP contribution in [0.25, 0.3) is 0 Å². The fourth-order valence-corrected chi connectivity index (χ4v) is 2.61. The summed E-state index contributed by atoms with van der Waals surface area (Å²) in [4.78, 5) is 11.0. The van der Waals surface area contributed by atoms with Crippen molar-refractivity contribution in [3.63, 3.8) is 0 Å². The van der Waals surface area contributed by atoms with Gasteiger partial charge in [-0.25, -0.2) is 5.01 Å². The quantitative estimate of drug-likeness (QED) is 0.455. The Morgan fingerprint density at radius 2 is 1.88 bits per heavy atom. The molecule has 0 fully saturated rings. The summed E-state index contributed by atoms with van der Waals surface area (Å²) in [6.07, 6.45) is 2.84. The normalized spacial score (nSPS) is 13.2. The Balaban J connectivity index is 2.81. The van der Waals surface area contributed by atoms with Crippen LogP contribution in [0, 0.1) is 4.91 Å². The first-order valence-electron chi connectivity index (χ1n) is 5.68. The Hall–Kier alpha value is -1.03. The summed E-state index contributed by atoms with van der Waals surface area (Å²) in [6.45, 7) is 6.01. The Morgan fingerprint density at radius 1 is 1.29 bits per heavy atom. The van der Waals surface area contributed by atoms with Crippen molar-refractivity contribution in [2.24, 2.45) is 5.29 Å². The van der Waals surface area contributed by atoms with Crippen molar-refractivity contribution in [1.82, 2.24) is 5.01 Å². The average Bonchev–Trinajstić information content (AvgIpc) is 2.28. The predicted molar refractivity (Wildman–Crippen MR) is 74.8 cm³/mol. The molecule has 0 aromatic heterocycles. The second kappa shape index (κ2) is 6.05. The largest absolute Gasteiger partial charge is 0.242 e. The van der Waals surface area contributed by atoms with E-state index in [1.165, 1.54) is 5.56 Å². The minimum Gasteiger partial charge on any atom is -0.242 e. The number of thioether (sulfide) groups is 1. The van der Waals surface area contributed by atoms with Crippen molar-refractivity contribution in [2.75, 3.05) is 6.26 Å². The zero-order valence-electron chi connectivity index (χ0n) is 10.9. The van der Waals surface area contributed by atoms with Crippen LogP contribution in [0.15, 0.2) is 35.6 Å². The highest BCUT2D eigenvalue weighted by Gasteiger charge is 2.28. The standard InChI is InChI=1S/C13H20N2OS/c1-13(2,3)15(14-16)12(17-4)10-11-8-6-5-7-9-11/h5-9,12H,10H2,1-4H3/t12-/m1/s1. The van der Waals surface area contributed by atoms with Gasteiger partial charge in [-0.15, -0.1) is 16.7 Å². The van der Waals surface area contributed by atoms with Crippen LogP contribution in [-0.2, 0) is 6.42 Å². The summed E-state index contributed by atoms with van der Waals surface area (Å²) in [5.74, 6) is 0. The molecule has 1 rings (SSSR count). The van der Waals surface area contributed by atoms with Crippen LogP contribution in [0.2, 0.25) is 0 Å². The Kier molecular flexibility index (Phi) is 5.00. The molecule has 94 valence electrons. The smallest absolute Gasteiger partial charge is 0.0997 e. The van der Waals surface area contributed by atoms with Gasteiger partial charge in [-0.3, -0.25) is 0 Å². The molecule has 17 heavy (non-hydrogen) atoms. The zero-order chi connectivity index (χ0) is 12.9. The van der Waals surface area contributed by atoms with E-state index in [2.05, 4.69) is 17.4 Å². The molecule has 1 atom stereocenters. The lowest BCUT2D eigenvalue weighted by Crippen LogP contribution is -2.43. The van der Waals surface area contributed by atoms with Gasteiger partial charge in [-0.2, -0.15) is 0 Å². The molecule has 0 amide bonds. The molecule has 0 saturated carbocycles. The molecule has 3 nitrogen and oxygen atoms in total. The average molecular weight is 252 g/mol. The fourth-order valence-electron chi connectivity index (χ4n) is 1.69. The molecular weight excluding hydrogens is 232 g/mol. The van der Waals surface area contributed by atoms with Gasteiger partial charge in [0.05, 0.1) is 16.2 Å². The predicted octanol–water partition coefficient (Wildman–Crippen LogP) is 3.70. The highest BCUT2D eigenvalue weighted by Crippen LogP contribution is 2.26. The third-order valence-corrected chi connectivity index (χ3v) is 3.48. The van der Waals surface area contributed by atoms with Crippen LogP contribution in [0.5, 0.6) is 0 Å². The molecule has 0 saturated heterocycles. The third kappa shape index (κ3) is 4.04. The summed E-state index contributed by atoms with van der Waals surface area (Å²) in [5.41, 5.74) is 0.981. The van der Waals surface area contributed by atoms with Crippen molar-refractivity contribution < 1.29 is 0 Å². The van der Waals surface area contributed by atoms with Gasteiger partial charge >= 0.3 is 0 Å². The van der Waals surface area contributed by atoms with Gasteiger partial charge in [-0.1, -0.05) is 30.3 Å². The van der Waals surface area contributed by atoms with Crippen molar-refractivity contribution in [1.29, 1.82) is 0 Å². The summed E-state index contributed by atoms with van der Waals surface area (Å²) in [6, 6.07) is 10.2. The first kappa shape index (κ1) is 14.0. The van der Waals surface area contributed by atoms with E-state index < -0.39 is 0 Å². The van der Waals surface area contributed by atoms with Gasteiger partial charge in [0.1, 0.15) is 0 Å². The Labute approximate surface area is 108 Å². The minimum atomic E-state index is -0.246. The zero-order valence-corrected chi connectivity index (χ0v) is 11.7. The topological polar surface area (TPSA) is 32.7 Å². The van der Waals surface area contributed by atoms with Gasteiger partial charge < -0.3 is 0 Å². The van der Waals surface area contributed by atoms with Crippen LogP contribution < -0.4 is 0 Å². The highest BCUT2D eigenvalue weighted by atomic mass is 32.2. The second-order valence-corrected chi connectivity index (χ2v) is 5.99. The SMILES string of the molecule is CS[C@H](Cc1ccccc1)N(N=O)C(C)(C)C. The van der Waals surface area contributed by atoms with Crippen LogP contribution in [-0.4, -0.2) is 22.2 Å². The van der Waals surface area contributed by atoms with Crippen molar-refractivity contribution in [2.45, 2.75) is 38.1 Å². The van der Waals surface area contributed by atoms with E-state index in [4.69, 9.17) is 0 Å². The fraction of sp³-hybridized carbons (Fsp3) is 0.538. The second-order valence-electron chi connectivity index (χ2n) is 4.98. The first-order chi connectivity index (χ1) is 7.99. The molecule has 0 unspecified atom stereocenters.